The first-order chi connectivity index (χ1) is 13.0. The maximum Gasteiger partial charge on any atom is 0.573 e. The monoisotopic (exact) mass is 396 g/mol. The quantitative estimate of drug-likeness (QED) is 0.757. The molecule has 0 radical (unpaired) electrons. The fourth-order valence-corrected chi connectivity index (χ4v) is 2.60. The van der Waals surface area contributed by atoms with Crippen molar-refractivity contribution < 1.29 is 27.6 Å². The van der Waals surface area contributed by atoms with Crippen LogP contribution in [0.1, 0.15) is 12.5 Å². The van der Waals surface area contributed by atoms with Gasteiger partial charge in [0.1, 0.15) is 12.3 Å². The SMILES string of the molecule is C[C@H](C(=O)Nc1ccc(OC(F)(F)F)cc1)[NH+](C)Cc1ccc(N(C)C)cc1. The van der Waals surface area contributed by atoms with Gasteiger partial charge in [0, 0.05) is 31.0 Å². The van der Waals surface area contributed by atoms with E-state index in [2.05, 4.69) is 10.1 Å². The summed E-state index contributed by atoms with van der Waals surface area (Å²) in [6.45, 7) is 2.47. The van der Waals surface area contributed by atoms with E-state index in [4.69, 9.17) is 0 Å². The lowest BCUT2D eigenvalue weighted by Crippen LogP contribution is -3.12. The first-order valence-corrected chi connectivity index (χ1v) is 8.80. The first kappa shape index (κ1) is 21.6. The molecule has 2 aromatic rings. The third kappa shape index (κ3) is 6.45. The van der Waals surface area contributed by atoms with Gasteiger partial charge in [0.05, 0.1) is 7.05 Å². The Hall–Kier alpha value is -2.74. The second kappa shape index (κ2) is 8.97. The summed E-state index contributed by atoms with van der Waals surface area (Å²) in [5, 5.41) is 2.72. The Kier molecular flexibility index (Phi) is 6.90. The van der Waals surface area contributed by atoms with Crippen molar-refractivity contribution in [1.82, 2.24) is 0 Å². The largest absolute Gasteiger partial charge is 0.573 e. The topological polar surface area (TPSA) is 46.0 Å². The molecule has 0 bridgehead atoms. The van der Waals surface area contributed by atoms with Crippen molar-refractivity contribution in [3.63, 3.8) is 0 Å². The Morgan fingerprint density at radius 2 is 1.68 bits per heavy atom. The highest BCUT2D eigenvalue weighted by Gasteiger charge is 2.31. The average Bonchev–Trinajstić information content (AvgIpc) is 2.61. The first-order valence-electron chi connectivity index (χ1n) is 8.80. The van der Waals surface area contributed by atoms with Gasteiger partial charge in [0.2, 0.25) is 0 Å². The van der Waals surface area contributed by atoms with Crippen LogP contribution < -0.4 is 19.9 Å². The molecular weight excluding hydrogens is 371 g/mol. The van der Waals surface area contributed by atoms with Gasteiger partial charge in [-0.15, -0.1) is 13.2 Å². The Labute approximate surface area is 162 Å². The second-order valence-electron chi connectivity index (χ2n) is 6.87. The lowest BCUT2D eigenvalue weighted by molar-refractivity contribution is -0.907. The van der Waals surface area contributed by atoms with Crippen LogP contribution in [0.15, 0.2) is 48.5 Å². The number of hydrogen-bond donors (Lipinski definition) is 2. The van der Waals surface area contributed by atoms with Crippen molar-refractivity contribution in [2.75, 3.05) is 31.4 Å². The van der Waals surface area contributed by atoms with Crippen LogP contribution in [0.4, 0.5) is 24.5 Å². The highest BCUT2D eigenvalue weighted by molar-refractivity contribution is 5.93. The van der Waals surface area contributed by atoms with E-state index < -0.39 is 6.36 Å². The predicted molar refractivity (Wildman–Crippen MR) is 103 cm³/mol. The fourth-order valence-electron chi connectivity index (χ4n) is 2.60. The maximum atomic E-state index is 12.5. The molecule has 28 heavy (non-hydrogen) atoms. The molecule has 0 spiro atoms. The molecule has 0 aliphatic carbocycles. The van der Waals surface area contributed by atoms with E-state index in [0.29, 0.717) is 12.2 Å². The number of amides is 1. The van der Waals surface area contributed by atoms with Crippen LogP contribution >= 0.6 is 0 Å². The summed E-state index contributed by atoms with van der Waals surface area (Å²) in [5.74, 6) is -0.547. The number of nitrogens with one attached hydrogen (secondary N) is 2. The molecule has 0 saturated carbocycles. The van der Waals surface area contributed by atoms with Gasteiger partial charge >= 0.3 is 6.36 Å². The molecule has 2 atom stereocenters. The molecule has 0 aliphatic rings. The minimum Gasteiger partial charge on any atom is -0.406 e. The minimum absolute atomic E-state index is 0.216. The standard InChI is InChI=1S/C20H24F3N3O2/c1-14(26(4)13-15-5-9-17(10-6-15)25(2)3)19(27)24-16-7-11-18(12-8-16)28-20(21,22)23/h5-12,14H,13H2,1-4H3,(H,24,27)/p+1/t14-/m1/s1. The number of quaternary nitrogens is 1. The molecule has 2 N–H and O–H groups in total. The van der Waals surface area contributed by atoms with E-state index in [1.165, 1.54) is 12.1 Å². The van der Waals surface area contributed by atoms with Gasteiger partial charge in [0.25, 0.3) is 5.91 Å². The summed E-state index contributed by atoms with van der Waals surface area (Å²) in [7, 11) is 5.87. The predicted octanol–water partition coefficient (Wildman–Crippen LogP) is 2.69. The van der Waals surface area contributed by atoms with Crippen LogP contribution in [0.5, 0.6) is 5.75 Å². The van der Waals surface area contributed by atoms with Gasteiger partial charge in [-0.05, 0) is 43.3 Å². The number of likely N-dealkylation sites (N-methyl/N-ethyl adjacent to an activating group) is 1. The van der Waals surface area contributed by atoms with E-state index in [1.807, 2.05) is 50.3 Å². The van der Waals surface area contributed by atoms with Gasteiger partial charge in [-0.3, -0.25) is 4.79 Å². The molecule has 8 heteroatoms. The van der Waals surface area contributed by atoms with E-state index >= 15 is 0 Å². The maximum absolute atomic E-state index is 12.5. The van der Waals surface area contributed by atoms with Crippen molar-refractivity contribution >= 4 is 17.3 Å². The zero-order valence-electron chi connectivity index (χ0n) is 16.3. The third-order valence-corrected chi connectivity index (χ3v) is 4.42. The van der Waals surface area contributed by atoms with Crippen LogP contribution in [0.3, 0.4) is 0 Å². The molecule has 1 amide bonds. The third-order valence-electron chi connectivity index (χ3n) is 4.42. The number of ether oxygens (including phenoxy) is 1. The van der Waals surface area contributed by atoms with E-state index in [-0.39, 0.29) is 17.7 Å². The Balaban J connectivity index is 1.92. The summed E-state index contributed by atoms with van der Waals surface area (Å²) in [5.41, 5.74) is 2.62. The number of carbonyl (C=O) groups is 1. The molecule has 0 fully saturated rings. The molecule has 0 aromatic heterocycles. The molecular formula is C20H25F3N3O2+. The number of halogens is 3. The van der Waals surface area contributed by atoms with Gasteiger partial charge < -0.3 is 19.9 Å². The minimum atomic E-state index is -4.74. The fraction of sp³-hybridized carbons (Fsp3) is 0.350. The Morgan fingerprint density at radius 1 is 1.11 bits per heavy atom. The van der Waals surface area contributed by atoms with Crippen LogP contribution in [0, 0.1) is 0 Å². The molecule has 5 nitrogen and oxygen atoms in total. The number of rotatable bonds is 7. The van der Waals surface area contributed by atoms with Gasteiger partial charge in [-0.2, -0.15) is 0 Å². The smallest absolute Gasteiger partial charge is 0.406 e. The van der Waals surface area contributed by atoms with Crippen molar-refractivity contribution in [2.45, 2.75) is 25.9 Å². The van der Waals surface area contributed by atoms with Crippen molar-refractivity contribution in [3.8, 4) is 5.75 Å². The lowest BCUT2D eigenvalue weighted by Gasteiger charge is -2.21. The van der Waals surface area contributed by atoms with Crippen LogP contribution in [-0.2, 0) is 11.3 Å². The van der Waals surface area contributed by atoms with Crippen molar-refractivity contribution in [2.24, 2.45) is 0 Å². The molecule has 0 saturated heterocycles. The Morgan fingerprint density at radius 3 is 2.18 bits per heavy atom. The zero-order valence-corrected chi connectivity index (χ0v) is 16.3. The molecule has 2 rings (SSSR count). The van der Waals surface area contributed by atoms with Crippen molar-refractivity contribution in [3.05, 3.63) is 54.1 Å². The number of alkyl halides is 3. The molecule has 0 aliphatic heterocycles. The number of hydrogen-bond acceptors (Lipinski definition) is 3. The summed E-state index contributed by atoms with van der Waals surface area (Å²) < 4.78 is 40.4. The highest BCUT2D eigenvalue weighted by Crippen LogP contribution is 2.23. The zero-order chi connectivity index (χ0) is 20.9. The molecule has 152 valence electrons. The van der Waals surface area contributed by atoms with E-state index in [0.717, 1.165) is 28.3 Å². The Bertz CT molecular complexity index is 775. The van der Waals surface area contributed by atoms with Crippen LogP contribution in [0.2, 0.25) is 0 Å². The van der Waals surface area contributed by atoms with E-state index in [1.54, 1.807) is 6.92 Å². The molecule has 0 heterocycles. The average molecular weight is 396 g/mol. The van der Waals surface area contributed by atoms with Crippen LogP contribution in [-0.4, -0.2) is 39.5 Å². The summed E-state index contributed by atoms with van der Waals surface area (Å²) in [6, 6.07) is 12.8. The molecule has 2 aromatic carbocycles. The van der Waals surface area contributed by atoms with Crippen LogP contribution in [0.25, 0.3) is 0 Å². The van der Waals surface area contributed by atoms with Gasteiger partial charge in [-0.1, -0.05) is 12.1 Å². The number of nitrogens with zero attached hydrogens (tertiary/aromatic N) is 1. The lowest BCUT2D eigenvalue weighted by atomic mass is 10.1. The van der Waals surface area contributed by atoms with Crippen molar-refractivity contribution in [1.29, 1.82) is 0 Å². The van der Waals surface area contributed by atoms with Gasteiger partial charge in [0.15, 0.2) is 6.04 Å². The second-order valence-corrected chi connectivity index (χ2v) is 6.87. The van der Waals surface area contributed by atoms with Gasteiger partial charge in [-0.25, -0.2) is 0 Å². The summed E-state index contributed by atoms with van der Waals surface area (Å²) in [6.07, 6.45) is -4.74. The molecule has 1 unspecified atom stereocenters. The number of carbonyl (C=O) groups excluding carboxylic acids is 1. The van der Waals surface area contributed by atoms with E-state index in [9.17, 15) is 18.0 Å². The summed E-state index contributed by atoms with van der Waals surface area (Å²) >= 11 is 0. The normalized spacial score (nSPS) is 13.5. The summed E-state index contributed by atoms with van der Waals surface area (Å²) in [4.78, 5) is 15.5. The number of anilines is 2. The highest BCUT2D eigenvalue weighted by atomic mass is 19.4. The number of benzene rings is 2.